The number of carbonyl (C=O) groups excluding carboxylic acids is 1. The quantitative estimate of drug-likeness (QED) is 0.629. The number of ether oxygens (including phenoxy) is 2. The predicted octanol–water partition coefficient (Wildman–Crippen LogP) is 1.57. The number of nitrogens with two attached hydrogens (primary N) is 1. The third kappa shape index (κ3) is 4.67. The van der Waals surface area contributed by atoms with Gasteiger partial charge in [-0.05, 0) is 31.2 Å². The molecule has 0 aliphatic heterocycles. The summed E-state index contributed by atoms with van der Waals surface area (Å²) in [4.78, 5) is 11.0. The van der Waals surface area contributed by atoms with E-state index < -0.39 is 12.2 Å². The van der Waals surface area contributed by atoms with E-state index in [1.807, 2.05) is 0 Å². The maximum atomic E-state index is 11.0. The molecule has 1 unspecified atom stereocenters. The topological polar surface area (TPSA) is 61.5 Å². The molecule has 1 rings (SSSR count). The Morgan fingerprint density at radius 2 is 2.07 bits per heavy atom. The van der Waals surface area contributed by atoms with E-state index in [1.54, 1.807) is 31.2 Å². The van der Waals surface area contributed by atoms with E-state index in [9.17, 15) is 4.79 Å². The molecule has 0 aliphatic carbocycles. The SMILES string of the molecule is CC(N)OC(=O)COc1ccc(Cl)cc1. The molecule has 0 amide bonds. The van der Waals surface area contributed by atoms with Gasteiger partial charge in [0.15, 0.2) is 6.61 Å². The van der Waals surface area contributed by atoms with Gasteiger partial charge in [-0.2, -0.15) is 0 Å². The molecule has 0 aromatic heterocycles. The summed E-state index contributed by atoms with van der Waals surface area (Å²) in [6, 6.07) is 6.69. The summed E-state index contributed by atoms with van der Waals surface area (Å²) in [7, 11) is 0. The molecule has 15 heavy (non-hydrogen) atoms. The smallest absolute Gasteiger partial charge is 0.345 e. The van der Waals surface area contributed by atoms with E-state index in [0.29, 0.717) is 10.8 Å². The van der Waals surface area contributed by atoms with Crippen LogP contribution in [0.2, 0.25) is 5.02 Å². The van der Waals surface area contributed by atoms with E-state index in [4.69, 9.17) is 22.1 Å². The van der Waals surface area contributed by atoms with Gasteiger partial charge in [-0.25, -0.2) is 4.79 Å². The first-order valence-corrected chi connectivity index (χ1v) is 4.79. The second-order valence-electron chi connectivity index (χ2n) is 2.94. The third-order valence-electron chi connectivity index (χ3n) is 1.49. The summed E-state index contributed by atoms with van der Waals surface area (Å²) >= 11 is 5.68. The lowest BCUT2D eigenvalue weighted by atomic mass is 10.3. The van der Waals surface area contributed by atoms with E-state index in [1.165, 1.54) is 0 Å². The Morgan fingerprint density at radius 3 is 2.60 bits per heavy atom. The number of halogens is 1. The number of carbonyl (C=O) groups is 1. The molecule has 0 heterocycles. The van der Waals surface area contributed by atoms with Crippen LogP contribution >= 0.6 is 11.6 Å². The van der Waals surface area contributed by atoms with Crippen molar-refractivity contribution in [2.75, 3.05) is 6.61 Å². The van der Waals surface area contributed by atoms with Gasteiger partial charge in [-0.3, -0.25) is 5.73 Å². The molecular formula is C10H12ClNO3. The largest absolute Gasteiger partial charge is 0.482 e. The fourth-order valence-corrected chi connectivity index (χ4v) is 1.04. The molecule has 1 aromatic rings. The van der Waals surface area contributed by atoms with Crippen LogP contribution in [0.1, 0.15) is 6.92 Å². The summed E-state index contributed by atoms with van der Waals surface area (Å²) in [5, 5.41) is 0.612. The summed E-state index contributed by atoms with van der Waals surface area (Å²) < 4.78 is 9.82. The Labute approximate surface area is 92.9 Å². The highest BCUT2D eigenvalue weighted by Gasteiger charge is 2.06. The average molecular weight is 230 g/mol. The van der Waals surface area contributed by atoms with Crippen LogP contribution in [-0.4, -0.2) is 18.8 Å². The Kier molecular flexibility index (Phi) is 4.39. The zero-order valence-corrected chi connectivity index (χ0v) is 9.03. The van der Waals surface area contributed by atoms with Gasteiger partial charge in [-0.1, -0.05) is 11.6 Å². The van der Waals surface area contributed by atoms with Crippen LogP contribution in [0.4, 0.5) is 0 Å². The van der Waals surface area contributed by atoms with Crippen molar-refractivity contribution in [3.05, 3.63) is 29.3 Å². The lowest BCUT2D eigenvalue weighted by molar-refractivity contribution is -0.150. The van der Waals surface area contributed by atoms with E-state index in [0.717, 1.165) is 0 Å². The number of benzene rings is 1. The number of hydrogen-bond acceptors (Lipinski definition) is 4. The van der Waals surface area contributed by atoms with Crippen LogP contribution in [0.15, 0.2) is 24.3 Å². The normalized spacial score (nSPS) is 11.9. The Bertz CT molecular complexity index is 324. The zero-order chi connectivity index (χ0) is 11.3. The first-order valence-electron chi connectivity index (χ1n) is 4.41. The molecule has 0 spiro atoms. The second-order valence-corrected chi connectivity index (χ2v) is 3.37. The van der Waals surface area contributed by atoms with Crippen molar-refractivity contribution >= 4 is 17.6 Å². The average Bonchev–Trinajstić information content (AvgIpc) is 2.16. The van der Waals surface area contributed by atoms with Gasteiger partial charge < -0.3 is 9.47 Å². The van der Waals surface area contributed by atoms with Crippen molar-refractivity contribution in [1.29, 1.82) is 0 Å². The minimum Gasteiger partial charge on any atom is -0.482 e. The summed E-state index contributed by atoms with van der Waals surface area (Å²) in [6.07, 6.45) is -0.619. The number of esters is 1. The highest BCUT2D eigenvalue weighted by atomic mass is 35.5. The van der Waals surface area contributed by atoms with Gasteiger partial charge in [0.2, 0.25) is 0 Å². The molecule has 0 radical (unpaired) electrons. The summed E-state index contributed by atoms with van der Waals surface area (Å²) in [5.74, 6) is 0.0565. The Hall–Kier alpha value is -1.26. The Balaban J connectivity index is 2.37. The summed E-state index contributed by atoms with van der Waals surface area (Å²) in [5.41, 5.74) is 5.27. The van der Waals surface area contributed by atoms with Crippen LogP contribution in [0, 0.1) is 0 Å². The van der Waals surface area contributed by atoms with E-state index >= 15 is 0 Å². The van der Waals surface area contributed by atoms with Crippen molar-refractivity contribution in [1.82, 2.24) is 0 Å². The Morgan fingerprint density at radius 1 is 1.47 bits per heavy atom. The highest BCUT2D eigenvalue weighted by Crippen LogP contribution is 2.15. The molecule has 4 nitrogen and oxygen atoms in total. The standard InChI is InChI=1S/C10H12ClNO3/c1-7(12)15-10(13)6-14-9-4-2-8(11)3-5-9/h2-5,7H,6,12H2,1H3. The van der Waals surface area contributed by atoms with Crippen LogP contribution in [0.5, 0.6) is 5.75 Å². The van der Waals surface area contributed by atoms with E-state index in [-0.39, 0.29) is 6.61 Å². The van der Waals surface area contributed by atoms with Crippen molar-refractivity contribution in [2.24, 2.45) is 5.73 Å². The lowest BCUT2D eigenvalue weighted by Crippen LogP contribution is -2.26. The van der Waals surface area contributed by atoms with Crippen molar-refractivity contribution in [2.45, 2.75) is 13.2 Å². The maximum Gasteiger partial charge on any atom is 0.345 e. The lowest BCUT2D eigenvalue weighted by Gasteiger charge is -2.08. The minimum atomic E-state index is -0.619. The molecule has 5 heteroatoms. The predicted molar refractivity (Wildman–Crippen MR) is 56.7 cm³/mol. The van der Waals surface area contributed by atoms with Crippen molar-refractivity contribution in [3.63, 3.8) is 0 Å². The summed E-state index contributed by atoms with van der Waals surface area (Å²) in [6.45, 7) is 1.41. The van der Waals surface area contributed by atoms with E-state index in [2.05, 4.69) is 4.74 Å². The molecule has 0 fully saturated rings. The van der Waals surface area contributed by atoms with Gasteiger partial charge in [0.1, 0.15) is 12.0 Å². The zero-order valence-electron chi connectivity index (χ0n) is 8.27. The fourth-order valence-electron chi connectivity index (χ4n) is 0.914. The van der Waals surface area contributed by atoms with Gasteiger partial charge in [0.05, 0.1) is 0 Å². The van der Waals surface area contributed by atoms with Crippen LogP contribution in [-0.2, 0) is 9.53 Å². The monoisotopic (exact) mass is 229 g/mol. The highest BCUT2D eigenvalue weighted by molar-refractivity contribution is 6.30. The van der Waals surface area contributed by atoms with Gasteiger partial charge >= 0.3 is 5.97 Å². The second kappa shape index (κ2) is 5.58. The van der Waals surface area contributed by atoms with Crippen LogP contribution < -0.4 is 10.5 Å². The van der Waals surface area contributed by atoms with Crippen LogP contribution in [0.3, 0.4) is 0 Å². The van der Waals surface area contributed by atoms with Gasteiger partial charge in [0, 0.05) is 5.02 Å². The molecule has 0 saturated carbocycles. The van der Waals surface area contributed by atoms with Gasteiger partial charge in [0.25, 0.3) is 0 Å². The van der Waals surface area contributed by atoms with Gasteiger partial charge in [-0.15, -0.1) is 0 Å². The molecule has 82 valence electrons. The maximum absolute atomic E-state index is 11.0. The molecule has 0 bridgehead atoms. The molecular weight excluding hydrogens is 218 g/mol. The third-order valence-corrected chi connectivity index (χ3v) is 1.74. The molecule has 1 aromatic carbocycles. The molecule has 0 saturated heterocycles. The number of rotatable bonds is 4. The molecule has 1 atom stereocenters. The molecule has 2 N–H and O–H groups in total. The van der Waals surface area contributed by atoms with Crippen molar-refractivity contribution < 1.29 is 14.3 Å². The fraction of sp³-hybridized carbons (Fsp3) is 0.300. The van der Waals surface area contributed by atoms with Crippen LogP contribution in [0.25, 0.3) is 0 Å². The molecule has 0 aliphatic rings. The van der Waals surface area contributed by atoms with Crippen molar-refractivity contribution in [3.8, 4) is 5.75 Å². The first-order chi connectivity index (χ1) is 7.08. The first kappa shape index (κ1) is 11.8. The number of hydrogen-bond donors (Lipinski definition) is 1. The minimum absolute atomic E-state index is 0.164.